The van der Waals surface area contributed by atoms with Gasteiger partial charge in [-0.15, -0.1) is 0 Å². The number of hydrogen-bond donors (Lipinski definition) is 1. The standard InChI is InChI=1S/C17H14N4O2/c1-10-7-11-8-12(3-4-13(11)19-9-10)21-15-14(23-2)5-6-18-16(15)20-17(21)22/h3-9H,1-2H3,(H,18,20,22). The molecule has 6 heteroatoms. The van der Waals surface area contributed by atoms with Crippen LogP contribution in [-0.4, -0.2) is 26.6 Å². The van der Waals surface area contributed by atoms with Crippen LogP contribution in [0.2, 0.25) is 0 Å². The Hall–Kier alpha value is -3.15. The molecule has 0 aliphatic heterocycles. The maximum atomic E-state index is 12.4. The number of aromatic nitrogens is 4. The van der Waals surface area contributed by atoms with Crippen LogP contribution in [0.25, 0.3) is 27.8 Å². The normalized spacial score (nSPS) is 11.2. The fraction of sp³-hybridized carbons (Fsp3) is 0.118. The van der Waals surface area contributed by atoms with E-state index in [9.17, 15) is 4.79 Å². The van der Waals surface area contributed by atoms with Crippen LogP contribution in [-0.2, 0) is 0 Å². The summed E-state index contributed by atoms with van der Waals surface area (Å²) in [6, 6.07) is 9.49. The molecule has 0 spiro atoms. The molecular formula is C17H14N4O2. The van der Waals surface area contributed by atoms with Crippen molar-refractivity contribution in [3.8, 4) is 11.4 Å². The molecule has 4 rings (SSSR count). The number of ether oxygens (including phenoxy) is 1. The number of nitrogens with one attached hydrogen (secondary N) is 1. The minimum absolute atomic E-state index is 0.253. The molecule has 0 aliphatic carbocycles. The summed E-state index contributed by atoms with van der Waals surface area (Å²) in [5, 5.41) is 0.978. The van der Waals surface area contributed by atoms with Crippen molar-refractivity contribution in [1.29, 1.82) is 0 Å². The van der Waals surface area contributed by atoms with Crippen molar-refractivity contribution in [3.63, 3.8) is 0 Å². The molecule has 0 unspecified atom stereocenters. The Morgan fingerprint density at radius 2 is 2.04 bits per heavy atom. The molecule has 0 radical (unpaired) electrons. The van der Waals surface area contributed by atoms with Gasteiger partial charge in [0.25, 0.3) is 0 Å². The van der Waals surface area contributed by atoms with Crippen molar-refractivity contribution >= 4 is 22.1 Å². The Balaban J connectivity index is 2.06. The van der Waals surface area contributed by atoms with E-state index >= 15 is 0 Å². The Kier molecular flexibility index (Phi) is 2.90. The van der Waals surface area contributed by atoms with E-state index in [1.807, 2.05) is 37.4 Å². The second kappa shape index (κ2) is 4.95. The summed E-state index contributed by atoms with van der Waals surface area (Å²) in [4.78, 5) is 23.8. The lowest BCUT2D eigenvalue weighted by Gasteiger charge is -2.08. The summed E-state index contributed by atoms with van der Waals surface area (Å²) in [6.07, 6.45) is 3.43. The zero-order valence-corrected chi connectivity index (χ0v) is 12.7. The summed E-state index contributed by atoms with van der Waals surface area (Å²) < 4.78 is 6.95. The zero-order chi connectivity index (χ0) is 16.0. The lowest BCUT2D eigenvalue weighted by atomic mass is 10.1. The molecule has 23 heavy (non-hydrogen) atoms. The molecule has 4 aromatic rings. The Morgan fingerprint density at radius 3 is 2.87 bits per heavy atom. The Bertz CT molecular complexity index is 1090. The summed E-state index contributed by atoms with van der Waals surface area (Å²) in [5.74, 6) is 0.593. The van der Waals surface area contributed by atoms with Crippen molar-refractivity contribution in [2.24, 2.45) is 0 Å². The molecule has 0 amide bonds. The lowest BCUT2D eigenvalue weighted by Crippen LogP contribution is -2.14. The van der Waals surface area contributed by atoms with Gasteiger partial charge in [0.2, 0.25) is 0 Å². The molecule has 0 saturated heterocycles. The highest BCUT2D eigenvalue weighted by Crippen LogP contribution is 2.25. The van der Waals surface area contributed by atoms with Gasteiger partial charge in [-0.2, -0.15) is 0 Å². The van der Waals surface area contributed by atoms with E-state index in [0.29, 0.717) is 16.9 Å². The number of nitrogens with zero attached hydrogens (tertiary/aromatic N) is 3. The molecule has 0 bridgehead atoms. The monoisotopic (exact) mass is 306 g/mol. The predicted molar refractivity (Wildman–Crippen MR) is 88.3 cm³/mol. The first-order valence-corrected chi connectivity index (χ1v) is 7.18. The van der Waals surface area contributed by atoms with Crippen molar-refractivity contribution < 1.29 is 4.74 Å². The quantitative estimate of drug-likeness (QED) is 0.618. The maximum absolute atomic E-state index is 12.4. The fourth-order valence-electron chi connectivity index (χ4n) is 2.78. The number of pyridine rings is 2. The summed E-state index contributed by atoms with van der Waals surface area (Å²) in [6.45, 7) is 1.99. The second-order valence-electron chi connectivity index (χ2n) is 5.37. The van der Waals surface area contributed by atoms with Gasteiger partial charge in [-0.1, -0.05) is 0 Å². The van der Waals surface area contributed by atoms with E-state index < -0.39 is 0 Å². The number of fused-ring (bicyclic) bond motifs is 2. The number of imidazole rings is 1. The highest BCUT2D eigenvalue weighted by Gasteiger charge is 2.14. The van der Waals surface area contributed by atoms with Crippen LogP contribution in [0.3, 0.4) is 0 Å². The van der Waals surface area contributed by atoms with Gasteiger partial charge >= 0.3 is 5.69 Å². The van der Waals surface area contributed by atoms with Gasteiger partial charge in [-0.05, 0) is 36.8 Å². The molecule has 3 aromatic heterocycles. The molecular weight excluding hydrogens is 292 g/mol. The minimum Gasteiger partial charge on any atom is -0.494 e. The van der Waals surface area contributed by atoms with E-state index in [1.165, 1.54) is 0 Å². The first kappa shape index (κ1) is 13.5. The van der Waals surface area contributed by atoms with E-state index in [2.05, 4.69) is 15.0 Å². The fourth-order valence-corrected chi connectivity index (χ4v) is 2.78. The van der Waals surface area contributed by atoms with Crippen molar-refractivity contribution in [2.75, 3.05) is 7.11 Å². The SMILES string of the molecule is COc1ccnc2[nH]c(=O)n(-c3ccc4ncc(C)cc4c3)c12. The van der Waals surface area contributed by atoms with Crippen LogP contribution < -0.4 is 10.4 Å². The molecule has 114 valence electrons. The number of rotatable bonds is 2. The molecule has 0 saturated carbocycles. The van der Waals surface area contributed by atoms with Crippen LogP contribution in [0.1, 0.15) is 5.56 Å². The molecule has 6 nitrogen and oxygen atoms in total. The van der Waals surface area contributed by atoms with Crippen molar-refractivity contribution in [1.82, 2.24) is 19.5 Å². The van der Waals surface area contributed by atoms with Gasteiger partial charge in [0.15, 0.2) is 5.65 Å². The van der Waals surface area contributed by atoms with Crippen LogP contribution in [0.5, 0.6) is 5.75 Å². The third-order valence-corrected chi connectivity index (χ3v) is 3.82. The summed E-state index contributed by atoms with van der Waals surface area (Å²) in [5.41, 5.74) is 3.57. The number of methoxy groups -OCH3 is 1. The number of benzene rings is 1. The van der Waals surface area contributed by atoms with E-state index in [4.69, 9.17) is 4.74 Å². The van der Waals surface area contributed by atoms with Crippen LogP contribution in [0.15, 0.2) is 47.5 Å². The third kappa shape index (κ3) is 2.07. The predicted octanol–water partition coefficient (Wildman–Crippen LogP) is 2.58. The second-order valence-corrected chi connectivity index (χ2v) is 5.37. The van der Waals surface area contributed by atoms with E-state index in [0.717, 1.165) is 22.2 Å². The average molecular weight is 306 g/mol. The Morgan fingerprint density at radius 1 is 1.17 bits per heavy atom. The molecule has 0 aliphatic rings. The van der Waals surface area contributed by atoms with Crippen LogP contribution in [0.4, 0.5) is 0 Å². The first-order valence-electron chi connectivity index (χ1n) is 7.18. The van der Waals surface area contributed by atoms with Gasteiger partial charge in [-0.3, -0.25) is 14.5 Å². The zero-order valence-electron chi connectivity index (χ0n) is 12.7. The molecule has 0 atom stereocenters. The molecule has 3 heterocycles. The third-order valence-electron chi connectivity index (χ3n) is 3.82. The van der Waals surface area contributed by atoms with Gasteiger partial charge in [0.1, 0.15) is 11.3 Å². The van der Waals surface area contributed by atoms with Gasteiger partial charge in [0.05, 0.1) is 18.3 Å². The maximum Gasteiger partial charge on any atom is 0.332 e. The Labute approximate surface area is 131 Å². The lowest BCUT2D eigenvalue weighted by molar-refractivity contribution is 0.418. The van der Waals surface area contributed by atoms with Crippen LogP contribution >= 0.6 is 0 Å². The smallest absolute Gasteiger partial charge is 0.332 e. The van der Waals surface area contributed by atoms with Gasteiger partial charge < -0.3 is 4.74 Å². The summed E-state index contributed by atoms with van der Waals surface area (Å²) >= 11 is 0. The van der Waals surface area contributed by atoms with Gasteiger partial charge in [0, 0.05) is 23.8 Å². The van der Waals surface area contributed by atoms with Crippen molar-refractivity contribution in [2.45, 2.75) is 6.92 Å². The minimum atomic E-state index is -0.253. The molecule has 1 N–H and O–H groups in total. The topological polar surface area (TPSA) is 72.8 Å². The highest BCUT2D eigenvalue weighted by molar-refractivity contribution is 5.84. The largest absolute Gasteiger partial charge is 0.494 e. The van der Waals surface area contributed by atoms with E-state index in [1.54, 1.807) is 23.9 Å². The number of aryl methyl sites for hydroxylation is 1. The van der Waals surface area contributed by atoms with Gasteiger partial charge in [-0.25, -0.2) is 9.78 Å². The molecule has 1 aromatic carbocycles. The summed E-state index contributed by atoms with van der Waals surface area (Å²) in [7, 11) is 1.57. The van der Waals surface area contributed by atoms with Crippen LogP contribution in [0, 0.1) is 6.92 Å². The average Bonchev–Trinajstić information content (AvgIpc) is 2.89. The number of H-pyrrole nitrogens is 1. The number of hydrogen-bond acceptors (Lipinski definition) is 4. The first-order chi connectivity index (χ1) is 11.2. The van der Waals surface area contributed by atoms with Crippen molar-refractivity contribution in [3.05, 3.63) is 58.8 Å². The number of aromatic amines is 1. The molecule has 0 fully saturated rings. The highest BCUT2D eigenvalue weighted by atomic mass is 16.5. The van der Waals surface area contributed by atoms with E-state index in [-0.39, 0.29) is 5.69 Å².